The van der Waals surface area contributed by atoms with Crippen LogP contribution in [0, 0.1) is 0 Å². The molecule has 1 spiro atoms. The number of carbonyl (C=O) groups excluding carboxylic acids is 2. The average molecular weight is 317 g/mol. The Hall–Kier alpha value is -1.95. The zero-order valence-corrected chi connectivity index (χ0v) is 13.5. The molecule has 0 radical (unpaired) electrons. The van der Waals surface area contributed by atoms with Crippen LogP contribution in [0.5, 0.6) is 0 Å². The van der Waals surface area contributed by atoms with Gasteiger partial charge in [-0.2, -0.15) is 0 Å². The molecule has 3 heterocycles. The normalized spacial score (nSPS) is 23.1. The summed E-state index contributed by atoms with van der Waals surface area (Å²) in [5.74, 6) is 0.126. The lowest BCUT2D eigenvalue weighted by Gasteiger charge is -2.39. The van der Waals surface area contributed by atoms with Crippen LogP contribution in [0.3, 0.4) is 0 Å². The fraction of sp³-hybridized carbons (Fsp3) is 0.588. The van der Waals surface area contributed by atoms with Gasteiger partial charge in [-0.1, -0.05) is 0 Å². The number of rotatable bonds is 4. The zero-order chi connectivity index (χ0) is 16.3. The van der Waals surface area contributed by atoms with E-state index in [4.69, 9.17) is 4.74 Å². The minimum absolute atomic E-state index is 0.0929. The first kappa shape index (κ1) is 15.9. The van der Waals surface area contributed by atoms with Gasteiger partial charge in [0.1, 0.15) is 0 Å². The number of nitrogens with zero attached hydrogens (tertiary/aromatic N) is 2. The first-order valence-corrected chi connectivity index (χ1v) is 8.12. The number of carbonyl (C=O) groups is 2. The van der Waals surface area contributed by atoms with Gasteiger partial charge in [0.15, 0.2) is 0 Å². The van der Waals surface area contributed by atoms with E-state index in [0.29, 0.717) is 26.1 Å². The number of ether oxygens (including phenoxy) is 1. The summed E-state index contributed by atoms with van der Waals surface area (Å²) in [6.45, 7) is 1.86. The molecule has 6 nitrogen and oxygen atoms in total. The molecule has 2 aliphatic rings. The summed E-state index contributed by atoms with van der Waals surface area (Å²) in [4.78, 5) is 30.3. The highest BCUT2D eigenvalue weighted by atomic mass is 16.5. The lowest BCUT2D eigenvalue weighted by molar-refractivity contribution is -0.133. The molecule has 2 saturated heterocycles. The van der Waals surface area contributed by atoms with Crippen LogP contribution in [-0.4, -0.2) is 54.0 Å². The molecular formula is C17H23N3O3. The Balaban J connectivity index is 1.61. The number of aromatic nitrogens is 1. The molecule has 3 rings (SSSR count). The number of methoxy groups -OCH3 is 1. The highest BCUT2D eigenvalue weighted by Crippen LogP contribution is 2.39. The van der Waals surface area contributed by atoms with Gasteiger partial charge in [0.05, 0.1) is 18.9 Å². The average Bonchev–Trinajstić information content (AvgIpc) is 2.90. The summed E-state index contributed by atoms with van der Waals surface area (Å²) < 4.78 is 4.96. The van der Waals surface area contributed by atoms with Crippen molar-refractivity contribution < 1.29 is 14.3 Å². The maximum absolute atomic E-state index is 12.4. The summed E-state index contributed by atoms with van der Waals surface area (Å²) in [6, 6.07) is 3.82. The minimum atomic E-state index is -0.164. The van der Waals surface area contributed by atoms with Crippen LogP contribution in [0.4, 0.5) is 0 Å². The lowest BCUT2D eigenvalue weighted by Crippen LogP contribution is -2.52. The molecule has 23 heavy (non-hydrogen) atoms. The number of hydrogen-bond donors (Lipinski definition) is 1. The van der Waals surface area contributed by atoms with Gasteiger partial charge in [0, 0.05) is 38.1 Å². The monoisotopic (exact) mass is 317 g/mol. The van der Waals surface area contributed by atoms with Crippen molar-refractivity contribution in [3.05, 3.63) is 30.1 Å². The van der Waals surface area contributed by atoms with Gasteiger partial charge in [-0.15, -0.1) is 0 Å². The smallest absolute Gasteiger partial charge is 0.228 e. The highest BCUT2D eigenvalue weighted by molar-refractivity contribution is 5.87. The van der Waals surface area contributed by atoms with E-state index < -0.39 is 0 Å². The van der Waals surface area contributed by atoms with Gasteiger partial charge in [0.25, 0.3) is 0 Å². The van der Waals surface area contributed by atoms with Crippen LogP contribution >= 0.6 is 0 Å². The van der Waals surface area contributed by atoms with Crippen molar-refractivity contribution >= 4 is 11.8 Å². The first-order chi connectivity index (χ1) is 11.1. The molecule has 2 amide bonds. The van der Waals surface area contributed by atoms with Gasteiger partial charge in [-0.05, 0) is 37.0 Å². The van der Waals surface area contributed by atoms with Crippen molar-refractivity contribution in [1.82, 2.24) is 15.2 Å². The van der Waals surface area contributed by atoms with E-state index >= 15 is 0 Å². The second-order valence-electron chi connectivity index (χ2n) is 6.43. The third kappa shape index (κ3) is 3.37. The van der Waals surface area contributed by atoms with Gasteiger partial charge in [-0.25, -0.2) is 0 Å². The molecule has 1 atom stereocenters. The van der Waals surface area contributed by atoms with E-state index in [-0.39, 0.29) is 23.3 Å². The van der Waals surface area contributed by atoms with E-state index in [9.17, 15) is 9.59 Å². The SMILES string of the molecule is COCCC(=O)N1CCC2(CC1)C[C@H](c1ccncc1)C(=O)N2. The van der Waals surface area contributed by atoms with Gasteiger partial charge >= 0.3 is 0 Å². The molecule has 2 aliphatic heterocycles. The Morgan fingerprint density at radius 2 is 2.09 bits per heavy atom. The Bertz CT molecular complexity index is 568. The van der Waals surface area contributed by atoms with Crippen LogP contribution in [0.2, 0.25) is 0 Å². The molecule has 1 N–H and O–H groups in total. The fourth-order valence-electron chi connectivity index (χ4n) is 3.61. The molecule has 6 heteroatoms. The highest BCUT2D eigenvalue weighted by Gasteiger charge is 2.46. The number of pyridine rings is 1. The number of likely N-dealkylation sites (tertiary alicyclic amines) is 1. The molecule has 0 aliphatic carbocycles. The van der Waals surface area contributed by atoms with Crippen molar-refractivity contribution in [3.8, 4) is 0 Å². The standard InChI is InChI=1S/C17H23N3O3/c1-23-11-4-15(21)20-9-5-17(6-10-20)12-14(16(22)19-17)13-2-7-18-8-3-13/h2-3,7-8,14H,4-6,9-12H2,1H3,(H,19,22)/t14-/m1/s1. The van der Waals surface area contributed by atoms with Crippen LogP contribution in [0.15, 0.2) is 24.5 Å². The van der Waals surface area contributed by atoms with Crippen LogP contribution in [-0.2, 0) is 14.3 Å². The summed E-state index contributed by atoms with van der Waals surface area (Å²) in [6.07, 6.45) is 6.32. The molecule has 2 fully saturated rings. The largest absolute Gasteiger partial charge is 0.384 e. The molecular weight excluding hydrogens is 294 g/mol. The number of nitrogens with one attached hydrogen (secondary N) is 1. The van der Waals surface area contributed by atoms with E-state index in [1.165, 1.54) is 0 Å². The fourth-order valence-corrected chi connectivity index (χ4v) is 3.61. The van der Waals surface area contributed by atoms with E-state index in [1.807, 2.05) is 17.0 Å². The summed E-state index contributed by atoms with van der Waals surface area (Å²) >= 11 is 0. The third-order valence-electron chi connectivity index (χ3n) is 5.00. The van der Waals surface area contributed by atoms with Crippen molar-refractivity contribution in [3.63, 3.8) is 0 Å². The Morgan fingerprint density at radius 1 is 1.39 bits per heavy atom. The van der Waals surface area contributed by atoms with Crippen molar-refractivity contribution in [2.45, 2.75) is 37.1 Å². The van der Waals surface area contributed by atoms with Crippen molar-refractivity contribution in [1.29, 1.82) is 0 Å². The Labute approximate surface area is 136 Å². The van der Waals surface area contributed by atoms with Crippen LogP contribution in [0.25, 0.3) is 0 Å². The zero-order valence-electron chi connectivity index (χ0n) is 13.5. The number of amides is 2. The van der Waals surface area contributed by atoms with E-state index in [2.05, 4.69) is 10.3 Å². The molecule has 1 aromatic rings. The Kier molecular flexibility index (Phi) is 4.61. The number of piperidine rings is 1. The molecule has 0 aromatic carbocycles. The summed E-state index contributed by atoms with van der Waals surface area (Å²) in [7, 11) is 1.60. The number of hydrogen-bond acceptors (Lipinski definition) is 4. The van der Waals surface area contributed by atoms with Crippen molar-refractivity contribution in [2.75, 3.05) is 26.8 Å². The van der Waals surface area contributed by atoms with Gasteiger partial charge < -0.3 is 15.0 Å². The van der Waals surface area contributed by atoms with Crippen molar-refractivity contribution in [2.24, 2.45) is 0 Å². The van der Waals surface area contributed by atoms with Gasteiger partial charge in [-0.3, -0.25) is 14.6 Å². The topological polar surface area (TPSA) is 71.5 Å². The van der Waals surface area contributed by atoms with E-state index in [1.54, 1.807) is 19.5 Å². The van der Waals surface area contributed by atoms with Crippen LogP contribution in [0.1, 0.15) is 37.2 Å². The maximum atomic E-state index is 12.4. The van der Waals surface area contributed by atoms with Crippen LogP contribution < -0.4 is 5.32 Å². The summed E-state index contributed by atoms with van der Waals surface area (Å²) in [5, 5.41) is 3.20. The quantitative estimate of drug-likeness (QED) is 0.902. The van der Waals surface area contributed by atoms with Gasteiger partial charge in [0.2, 0.25) is 11.8 Å². The minimum Gasteiger partial charge on any atom is -0.384 e. The maximum Gasteiger partial charge on any atom is 0.228 e. The Morgan fingerprint density at radius 3 is 2.74 bits per heavy atom. The third-order valence-corrected chi connectivity index (χ3v) is 5.00. The first-order valence-electron chi connectivity index (χ1n) is 8.12. The predicted octanol–water partition coefficient (Wildman–Crippen LogP) is 1.08. The molecule has 124 valence electrons. The second-order valence-corrected chi connectivity index (χ2v) is 6.43. The van der Waals surface area contributed by atoms with E-state index in [0.717, 1.165) is 24.8 Å². The second kappa shape index (κ2) is 6.66. The molecule has 0 saturated carbocycles. The lowest BCUT2D eigenvalue weighted by atomic mass is 9.82. The molecule has 0 bridgehead atoms. The molecule has 0 unspecified atom stereocenters. The summed E-state index contributed by atoms with van der Waals surface area (Å²) in [5.41, 5.74) is 0.858. The predicted molar refractivity (Wildman–Crippen MR) is 84.8 cm³/mol. The molecule has 1 aromatic heterocycles.